The first-order valence-corrected chi connectivity index (χ1v) is 9.67. The van der Waals surface area contributed by atoms with E-state index in [-0.39, 0.29) is 11.9 Å². The Balaban J connectivity index is 1.40. The quantitative estimate of drug-likeness (QED) is 0.818. The van der Waals surface area contributed by atoms with Gasteiger partial charge in [-0.3, -0.25) is 14.6 Å². The van der Waals surface area contributed by atoms with Gasteiger partial charge in [0.1, 0.15) is 0 Å². The number of benzene rings is 1. The third kappa shape index (κ3) is 5.53. The molecule has 2 heterocycles. The molecule has 5 nitrogen and oxygen atoms in total. The van der Waals surface area contributed by atoms with E-state index in [9.17, 15) is 4.79 Å². The summed E-state index contributed by atoms with van der Waals surface area (Å²) in [6.07, 6.45) is 3.25. The number of nitrogens with zero attached hydrogens (tertiary/aromatic N) is 2. The highest BCUT2D eigenvalue weighted by atomic mass is 16.5. The van der Waals surface area contributed by atoms with Crippen molar-refractivity contribution < 1.29 is 9.53 Å². The molecule has 0 spiro atoms. The smallest absolute Gasteiger partial charge is 0.251 e. The Labute approximate surface area is 151 Å². The van der Waals surface area contributed by atoms with Crippen LogP contribution in [0.4, 0.5) is 0 Å². The molecular formula is C20H31N3O2. The van der Waals surface area contributed by atoms with Crippen molar-refractivity contribution in [1.82, 2.24) is 15.1 Å². The zero-order valence-electron chi connectivity index (χ0n) is 15.4. The molecule has 5 heteroatoms. The number of hydrogen-bond acceptors (Lipinski definition) is 4. The summed E-state index contributed by atoms with van der Waals surface area (Å²) < 4.78 is 5.39. The van der Waals surface area contributed by atoms with Crippen molar-refractivity contribution >= 4 is 5.91 Å². The average molecular weight is 345 g/mol. The Bertz CT molecular complexity index is 540. The van der Waals surface area contributed by atoms with E-state index in [0.29, 0.717) is 0 Å². The number of carbonyl (C=O) groups excluding carboxylic acids is 1. The fourth-order valence-electron chi connectivity index (χ4n) is 3.64. The van der Waals surface area contributed by atoms with Crippen molar-refractivity contribution in [2.75, 3.05) is 52.5 Å². The van der Waals surface area contributed by atoms with Crippen LogP contribution in [0.3, 0.4) is 0 Å². The van der Waals surface area contributed by atoms with E-state index in [4.69, 9.17) is 4.74 Å². The highest BCUT2D eigenvalue weighted by Gasteiger charge is 2.24. The summed E-state index contributed by atoms with van der Waals surface area (Å²) in [7, 11) is 0. The van der Waals surface area contributed by atoms with Gasteiger partial charge >= 0.3 is 0 Å². The molecule has 0 radical (unpaired) electrons. The predicted molar refractivity (Wildman–Crippen MR) is 100 cm³/mol. The number of morpholine rings is 1. The van der Waals surface area contributed by atoms with Crippen molar-refractivity contribution in [1.29, 1.82) is 0 Å². The number of nitrogens with one attached hydrogen (secondary N) is 1. The average Bonchev–Trinajstić information content (AvgIpc) is 3.09. The fraction of sp³-hybridized carbons (Fsp3) is 0.650. The van der Waals surface area contributed by atoms with Gasteiger partial charge in [-0.15, -0.1) is 0 Å². The number of hydrogen-bond donors (Lipinski definition) is 1. The summed E-state index contributed by atoms with van der Waals surface area (Å²) in [6, 6.07) is 8.31. The fourth-order valence-corrected chi connectivity index (χ4v) is 3.64. The summed E-state index contributed by atoms with van der Waals surface area (Å²) in [5.41, 5.74) is 2.07. The summed E-state index contributed by atoms with van der Waals surface area (Å²) in [5, 5.41) is 3.20. The van der Waals surface area contributed by atoms with Gasteiger partial charge in [-0.05, 0) is 30.5 Å². The van der Waals surface area contributed by atoms with Crippen LogP contribution in [0.5, 0.6) is 0 Å². The minimum atomic E-state index is 0.0584. The van der Waals surface area contributed by atoms with Gasteiger partial charge in [0.05, 0.1) is 13.2 Å². The molecule has 1 aromatic rings. The topological polar surface area (TPSA) is 44.8 Å². The van der Waals surface area contributed by atoms with Crippen molar-refractivity contribution in [3.05, 3.63) is 35.4 Å². The van der Waals surface area contributed by atoms with Crippen molar-refractivity contribution in [2.45, 2.75) is 32.2 Å². The van der Waals surface area contributed by atoms with Gasteiger partial charge in [-0.25, -0.2) is 0 Å². The monoisotopic (exact) mass is 345 g/mol. The van der Waals surface area contributed by atoms with Gasteiger partial charge in [0.2, 0.25) is 0 Å². The SMILES string of the molecule is CCCc1ccc(C(=O)NC2CCN(CCN3CCOCC3)C2)cc1. The number of ether oxygens (including phenoxy) is 1. The third-order valence-corrected chi connectivity index (χ3v) is 5.20. The molecular weight excluding hydrogens is 314 g/mol. The molecule has 1 N–H and O–H groups in total. The van der Waals surface area contributed by atoms with Crippen molar-refractivity contribution in [2.24, 2.45) is 0 Å². The Hall–Kier alpha value is -1.43. The second-order valence-corrected chi connectivity index (χ2v) is 7.16. The van der Waals surface area contributed by atoms with Gasteiger partial charge in [0.15, 0.2) is 0 Å². The minimum absolute atomic E-state index is 0.0584. The molecule has 2 aliphatic heterocycles. The summed E-state index contributed by atoms with van der Waals surface area (Å²) in [6.45, 7) is 10.2. The van der Waals surface area contributed by atoms with Gasteiger partial charge in [0, 0.05) is 50.9 Å². The Kier molecular flexibility index (Phi) is 6.84. The lowest BCUT2D eigenvalue weighted by atomic mass is 10.1. The van der Waals surface area contributed by atoms with Gasteiger partial charge < -0.3 is 10.1 Å². The molecule has 3 rings (SSSR count). The summed E-state index contributed by atoms with van der Waals surface area (Å²) >= 11 is 0. The molecule has 138 valence electrons. The van der Waals surface area contributed by atoms with Gasteiger partial charge in [-0.1, -0.05) is 25.5 Å². The van der Waals surface area contributed by atoms with Crippen LogP contribution in [0.15, 0.2) is 24.3 Å². The zero-order chi connectivity index (χ0) is 17.5. The van der Waals surface area contributed by atoms with Gasteiger partial charge in [-0.2, -0.15) is 0 Å². The summed E-state index contributed by atoms with van der Waals surface area (Å²) in [4.78, 5) is 17.4. The third-order valence-electron chi connectivity index (χ3n) is 5.20. The van der Waals surface area contributed by atoms with Crippen molar-refractivity contribution in [3.8, 4) is 0 Å². The Morgan fingerprint density at radius 2 is 1.84 bits per heavy atom. The van der Waals surface area contributed by atoms with Crippen LogP contribution in [0.25, 0.3) is 0 Å². The molecule has 0 aliphatic carbocycles. The highest BCUT2D eigenvalue weighted by molar-refractivity contribution is 5.94. The number of likely N-dealkylation sites (tertiary alicyclic amines) is 1. The molecule has 0 saturated carbocycles. The number of carbonyl (C=O) groups is 1. The van der Waals surface area contributed by atoms with Gasteiger partial charge in [0.25, 0.3) is 5.91 Å². The highest BCUT2D eigenvalue weighted by Crippen LogP contribution is 2.12. The Morgan fingerprint density at radius 1 is 1.12 bits per heavy atom. The maximum atomic E-state index is 12.4. The maximum absolute atomic E-state index is 12.4. The van der Waals surface area contributed by atoms with E-state index in [0.717, 1.165) is 77.3 Å². The van der Waals surface area contributed by atoms with E-state index in [1.54, 1.807) is 0 Å². The number of rotatable bonds is 7. The molecule has 2 saturated heterocycles. The molecule has 2 fully saturated rings. The second-order valence-electron chi connectivity index (χ2n) is 7.16. The lowest BCUT2D eigenvalue weighted by Gasteiger charge is -2.28. The van der Waals surface area contributed by atoms with E-state index in [1.165, 1.54) is 5.56 Å². The van der Waals surface area contributed by atoms with Crippen LogP contribution < -0.4 is 5.32 Å². The molecule has 25 heavy (non-hydrogen) atoms. The van der Waals surface area contributed by atoms with E-state index in [1.807, 2.05) is 12.1 Å². The van der Waals surface area contributed by atoms with Crippen LogP contribution in [-0.2, 0) is 11.2 Å². The summed E-state index contributed by atoms with van der Waals surface area (Å²) in [5.74, 6) is 0.0584. The van der Waals surface area contributed by atoms with Crippen LogP contribution in [-0.4, -0.2) is 74.2 Å². The largest absolute Gasteiger partial charge is 0.379 e. The van der Waals surface area contributed by atoms with Crippen LogP contribution in [0.1, 0.15) is 35.7 Å². The number of amides is 1. The lowest BCUT2D eigenvalue weighted by Crippen LogP contribution is -2.42. The standard InChI is InChI=1S/C20H31N3O2/c1-2-3-17-4-6-18(7-5-17)20(24)21-19-8-9-23(16-19)11-10-22-12-14-25-15-13-22/h4-7,19H,2-3,8-16H2,1H3,(H,21,24). The first-order valence-electron chi connectivity index (χ1n) is 9.67. The molecule has 1 atom stereocenters. The molecule has 1 amide bonds. The molecule has 0 aromatic heterocycles. The first kappa shape index (κ1) is 18.4. The molecule has 0 bridgehead atoms. The molecule has 2 aliphatic rings. The van der Waals surface area contributed by atoms with E-state index in [2.05, 4.69) is 34.2 Å². The minimum Gasteiger partial charge on any atom is -0.379 e. The predicted octanol–water partition coefficient (Wildman–Crippen LogP) is 1.78. The lowest BCUT2D eigenvalue weighted by molar-refractivity contribution is 0.0343. The second kappa shape index (κ2) is 9.32. The number of aryl methyl sites for hydroxylation is 1. The molecule has 1 aromatic carbocycles. The normalized spacial score (nSPS) is 22.2. The van der Waals surface area contributed by atoms with E-state index < -0.39 is 0 Å². The van der Waals surface area contributed by atoms with Crippen LogP contribution in [0, 0.1) is 0 Å². The zero-order valence-corrected chi connectivity index (χ0v) is 15.4. The first-order chi connectivity index (χ1) is 12.2. The maximum Gasteiger partial charge on any atom is 0.251 e. The van der Waals surface area contributed by atoms with Crippen molar-refractivity contribution in [3.63, 3.8) is 0 Å². The van der Waals surface area contributed by atoms with Crippen LogP contribution in [0.2, 0.25) is 0 Å². The Morgan fingerprint density at radius 3 is 2.56 bits per heavy atom. The van der Waals surface area contributed by atoms with E-state index >= 15 is 0 Å². The molecule has 1 unspecified atom stereocenters. The van der Waals surface area contributed by atoms with Crippen LogP contribution >= 0.6 is 0 Å².